The summed E-state index contributed by atoms with van der Waals surface area (Å²) in [5, 5.41) is 7.48. The third kappa shape index (κ3) is 9.13. The SMILES string of the molecule is O=P(O)(O)OP(=O)(O)OO.[H-].[Na+]. The van der Waals surface area contributed by atoms with Crippen molar-refractivity contribution in [2.45, 2.75) is 0 Å². The van der Waals surface area contributed by atoms with Gasteiger partial charge in [0.05, 0.1) is 0 Å². The van der Waals surface area contributed by atoms with Crippen LogP contribution in [0, 0.1) is 0 Å². The van der Waals surface area contributed by atoms with Gasteiger partial charge in [-0.25, -0.2) is 14.4 Å². The van der Waals surface area contributed by atoms with Crippen molar-refractivity contribution in [3.63, 3.8) is 0 Å². The van der Waals surface area contributed by atoms with E-state index >= 15 is 0 Å². The second kappa shape index (κ2) is 5.06. The van der Waals surface area contributed by atoms with Gasteiger partial charge in [0.15, 0.2) is 0 Å². The van der Waals surface area contributed by atoms with Gasteiger partial charge in [-0.1, -0.05) is 0 Å². The molecule has 0 aliphatic rings. The molecule has 0 aromatic rings. The Morgan fingerprint density at radius 3 is 1.64 bits per heavy atom. The van der Waals surface area contributed by atoms with Gasteiger partial charge in [-0.05, 0) is 0 Å². The van der Waals surface area contributed by atoms with Gasteiger partial charge in [0.25, 0.3) is 0 Å². The minimum atomic E-state index is -5.10. The van der Waals surface area contributed by atoms with E-state index in [1.807, 2.05) is 0 Å². The largest absolute Gasteiger partial charge is 1.00 e. The summed E-state index contributed by atoms with van der Waals surface area (Å²) in [5.74, 6) is 0. The van der Waals surface area contributed by atoms with Crippen LogP contribution >= 0.6 is 15.6 Å². The predicted octanol–water partition coefficient (Wildman–Crippen LogP) is -3.20. The second-order valence-corrected chi connectivity index (χ2v) is 3.86. The summed E-state index contributed by atoms with van der Waals surface area (Å²) < 4.78 is 25.5. The van der Waals surface area contributed by atoms with Gasteiger partial charge in [-0.3, -0.25) is 0 Å². The van der Waals surface area contributed by atoms with E-state index in [-0.39, 0.29) is 31.0 Å². The molecule has 0 fully saturated rings. The van der Waals surface area contributed by atoms with Crippen LogP contribution in [0.5, 0.6) is 0 Å². The Morgan fingerprint density at radius 2 is 1.55 bits per heavy atom. The van der Waals surface area contributed by atoms with Crippen molar-refractivity contribution in [2.24, 2.45) is 0 Å². The summed E-state index contributed by atoms with van der Waals surface area (Å²) in [6.07, 6.45) is 0. The Hall–Kier alpha value is 1.22. The summed E-state index contributed by atoms with van der Waals surface area (Å²) >= 11 is 0. The van der Waals surface area contributed by atoms with Crippen molar-refractivity contribution >= 4 is 15.6 Å². The normalized spacial score (nSPS) is 16.7. The first-order valence-electron chi connectivity index (χ1n) is 1.70. The molecular weight excluding hydrogens is 213 g/mol. The summed E-state index contributed by atoms with van der Waals surface area (Å²) in [4.78, 5) is 23.7. The van der Waals surface area contributed by atoms with E-state index in [1.54, 1.807) is 0 Å². The van der Waals surface area contributed by atoms with Crippen LogP contribution in [0.3, 0.4) is 0 Å². The van der Waals surface area contributed by atoms with E-state index in [0.717, 1.165) is 0 Å². The fourth-order valence-electron chi connectivity index (χ4n) is 0.149. The van der Waals surface area contributed by atoms with E-state index in [0.29, 0.717) is 0 Å². The van der Waals surface area contributed by atoms with Crippen molar-refractivity contribution < 1.29 is 69.0 Å². The van der Waals surface area contributed by atoms with Gasteiger partial charge in [0.1, 0.15) is 0 Å². The Bertz CT molecular complexity index is 195. The Kier molecular flexibility index (Phi) is 6.77. The average molecular weight is 218 g/mol. The summed E-state index contributed by atoms with van der Waals surface area (Å²) in [6, 6.07) is 0. The average Bonchev–Trinajstić information content (AvgIpc) is 1.60. The zero-order chi connectivity index (χ0) is 8.41. The number of phosphoric acid groups is 2. The molecule has 0 bridgehead atoms. The number of hydrogen-bond donors (Lipinski definition) is 4. The maximum atomic E-state index is 9.97. The van der Waals surface area contributed by atoms with E-state index in [1.165, 1.54) is 0 Å². The van der Waals surface area contributed by atoms with Gasteiger partial charge < -0.3 is 16.1 Å². The van der Waals surface area contributed by atoms with Gasteiger partial charge in [0.2, 0.25) is 0 Å². The molecule has 0 heterocycles. The molecule has 0 aliphatic carbocycles. The molecule has 1 unspecified atom stereocenters. The van der Waals surface area contributed by atoms with Crippen LogP contribution in [0.2, 0.25) is 0 Å². The monoisotopic (exact) mass is 218 g/mol. The molecule has 11 heteroatoms. The predicted molar refractivity (Wildman–Crippen MR) is 27.8 cm³/mol. The van der Waals surface area contributed by atoms with E-state index in [2.05, 4.69) is 8.99 Å². The first-order valence-corrected chi connectivity index (χ1v) is 4.72. The molecule has 0 aromatic heterocycles. The molecule has 4 N–H and O–H groups in total. The summed E-state index contributed by atoms with van der Waals surface area (Å²) in [5.41, 5.74) is 0. The van der Waals surface area contributed by atoms with Crippen LogP contribution in [-0.4, -0.2) is 19.9 Å². The van der Waals surface area contributed by atoms with Crippen LogP contribution in [0.15, 0.2) is 0 Å². The van der Waals surface area contributed by atoms with Crippen molar-refractivity contribution in [1.29, 1.82) is 0 Å². The minimum Gasteiger partial charge on any atom is -1.00 e. The third-order valence-electron chi connectivity index (χ3n) is 0.313. The van der Waals surface area contributed by atoms with E-state index < -0.39 is 15.6 Å². The Morgan fingerprint density at radius 1 is 1.18 bits per heavy atom. The molecule has 8 nitrogen and oxygen atoms in total. The van der Waals surface area contributed by atoms with Crippen molar-refractivity contribution in [3.05, 3.63) is 0 Å². The Labute approximate surface area is 84.7 Å². The van der Waals surface area contributed by atoms with Crippen molar-refractivity contribution in [1.82, 2.24) is 0 Å². The topological polar surface area (TPSA) is 134 Å². The molecule has 0 spiro atoms. The molecule has 0 saturated heterocycles. The van der Waals surface area contributed by atoms with Gasteiger partial charge in [-0.2, -0.15) is 4.31 Å². The van der Waals surface area contributed by atoms with Crippen LogP contribution in [0.1, 0.15) is 1.43 Å². The molecule has 0 radical (unpaired) electrons. The molecule has 11 heavy (non-hydrogen) atoms. The first-order chi connectivity index (χ1) is 4.27. The zero-order valence-electron chi connectivity index (χ0n) is 6.32. The van der Waals surface area contributed by atoms with Gasteiger partial charge >= 0.3 is 45.2 Å². The second-order valence-electron chi connectivity index (χ2n) is 1.12. The van der Waals surface area contributed by atoms with E-state index in [9.17, 15) is 9.13 Å². The molecule has 0 rings (SSSR count). The summed E-state index contributed by atoms with van der Waals surface area (Å²) in [6.45, 7) is 0. The molecule has 64 valence electrons. The Balaban J connectivity index is -0.000000405. The maximum absolute atomic E-state index is 9.97. The fourth-order valence-corrected chi connectivity index (χ4v) is 1.34. The molecule has 0 amide bonds. The minimum absolute atomic E-state index is 0. The number of hydrogen-bond acceptors (Lipinski definition) is 5. The van der Waals surface area contributed by atoms with Crippen LogP contribution in [0.25, 0.3) is 0 Å². The molecule has 0 aliphatic heterocycles. The first kappa shape index (κ1) is 14.7. The van der Waals surface area contributed by atoms with Crippen LogP contribution in [-0.2, 0) is 18.1 Å². The van der Waals surface area contributed by atoms with Crippen LogP contribution < -0.4 is 29.6 Å². The zero-order valence-corrected chi connectivity index (χ0v) is 9.11. The van der Waals surface area contributed by atoms with Crippen molar-refractivity contribution in [2.75, 3.05) is 0 Å². The summed E-state index contributed by atoms with van der Waals surface area (Å²) in [7, 11) is -10.1. The maximum Gasteiger partial charge on any atom is 1.00 e. The molecule has 0 aromatic carbocycles. The standard InChI is InChI=1S/Na.H4O8P2.H/c;1-7-10(5,6)8-9(2,3)4;/h;1H,(H,5,6)(H2,2,3,4);/q+1;;-1. The van der Waals surface area contributed by atoms with Crippen LogP contribution in [0.4, 0.5) is 0 Å². The van der Waals surface area contributed by atoms with Gasteiger partial charge in [-0.15, -0.1) is 4.67 Å². The molecule has 0 saturated carbocycles. The third-order valence-corrected chi connectivity index (χ3v) is 2.20. The van der Waals surface area contributed by atoms with Gasteiger partial charge in [0, 0.05) is 0 Å². The number of rotatable bonds is 3. The van der Waals surface area contributed by atoms with E-state index in [4.69, 9.17) is 19.9 Å². The smallest absolute Gasteiger partial charge is 1.00 e. The molecular formula is H5NaO8P2. The van der Waals surface area contributed by atoms with Crippen molar-refractivity contribution in [3.8, 4) is 0 Å². The molecule has 1 atom stereocenters. The quantitative estimate of drug-likeness (QED) is 0.168. The fraction of sp³-hybridized carbons (Fsp3) is 0.